The van der Waals surface area contributed by atoms with Crippen LogP contribution in [-0.4, -0.2) is 13.2 Å². The van der Waals surface area contributed by atoms with Crippen LogP contribution in [0.15, 0.2) is 46.9 Å². The fraction of sp³-hybridized carbons (Fsp3) is 0.143. The van der Waals surface area contributed by atoms with Crippen molar-refractivity contribution in [1.29, 1.82) is 0 Å². The normalized spacial score (nSPS) is 10.3. The Morgan fingerprint density at radius 3 is 2.32 bits per heavy atom. The van der Waals surface area contributed by atoms with Gasteiger partial charge in [-0.25, -0.2) is 0 Å². The number of benzene rings is 2. The first-order chi connectivity index (χ1) is 9.15. The highest BCUT2D eigenvalue weighted by atomic mass is 79.9. The van der Waals surface area contributed by atoms with Crippen molar-refractivity contribution in [3.63, 3.8) is 0 Å². The lowest BCUT2D eigenvalue weighted by Crippen LogP contribution is -2.09. The van der Waals surface area contributed by atoms with Crippen LogP contribution in [0.4, 0.5) is 0 Å². The average Bonchev–Trinajstić information content (AvgIpc) is 2.40. The zero-order chi connectivity index (χ0) is 13.7. The molecule has 0 spiro atoms. The molecule has 0 aliphatic carbocycles. The van der Waals surface area contributed by atoms with Gasteiger partial charge in [-0.2, -0.15) is 0 Å². The molecule has 2 aromatic carbocycles. The van der Waals surface area contributed by atoms with Crippen molar-refractivity contribution in [2.75, 3.05) is 13.2 Å². The number of hydrogen-bond donors (Lipinski definition) is 0. The van der Waals surface area contributed by atoms with E-state index >= 15 is 0 Å². The second-order valence-corrected chi connectivity index (χ2v) is 5.48. The van der Waals surface area contributed by atoms with Gasteiger partial charge >= 0.3 is 0 Å². The largest absolute Gasteiger partial charge is 0.490 e. The van der Waals surface area contributed by atoms with E-state index in [2.05, 4.69) is 15.9 Å². The molecule has 2 rings (SSSR count). The molecule has 0 aliphatic heterocycles. The van der Waals surface area contributed by atoms with Gasteiger partial charge in [0.2, 0.25) is 0 Å². The molecule has 0 fully saturated rings. The molecule has 0 N–H and O–H groups in total. The molecule has 100 valence electrons. The molecule has 0 atom stereocenters. The monoisotopic (exact) mass is 360 g/mol. The average molecular weight is 362 g/mol. The summed E-state index contributed by atoms with van der Waals surface area (Å²) in [6, 6.07) is 12.7. The van der Waals surface area contributed by atoms with Crippen molar-refractivity contribution in [2.24, 2.45) is 0 Å². The van der Waals surface area contributed by atoms with E-state index in [-0.39, 0.29) is 0 Å². The highest BCUT2D eigenvalue weighted by molar-refractivity contribution is 9.10. The highest BCUT2D eigenvalue weighted by Crippen LogP contribution is 2.27. The van der Waals surface area contributed by atoms with Crippen LogP contribution in [0, 0.1) is 0 Å². The van der Waals surface area contributed by atoms with Gasteiger partial charge < -0.3 is 9.47 Å². The predicted molar refractivity (Wildman–Crippen MR) is 81.6 cm³/mol. The first-order valence-electron chi connectivity index (χ1n) is 5.61. The van der Waals surface area contributed by atoms with Crippen molar-refractivity contribution in [3.8, 4) is 11.5 Å². The Labute approximate surface area is 130 Å². The summed E-state index contributed by atoms with van der Waals surface area (Å²) in [5.74, 6) is 1.36. The van der Waals surface area contributed by atoms with Crippen LogP contribution < -0.4 is 9.47 Å². The molecule has 0 radical (unpaired) electrons. The second-order valence-electron chi connectivity index (χ2n) is 3.73. The van der Waals surface area contributed by atoms with Crippen molar-refractivity contribution in [3.05, 3.63) is 57.0 Å². The lowest BCUT2D eigenvalue weighted by molar-refractivity contribution is 0.217. The molecular weight excluding hydrogens is 351 g/mol. The van der Waals surface area contributed by atoms with Crippen molar-refractivity contribution >= 4 is 39.1 Å². The van der Waals surface area contributed by atoms with Crippen LogP contribution in [0.3, 0.4) is 0 Å². The Kier molecular flexibility index (Phi) is 5.37. The minimum absolute atomic E-state index is 0.399. The maximum Gasteiger partial charge on any atom is 0.139 e. The second kappa shape index (κ2) is 7.04. The van der Waals surface area contributed by atoms with Gasteiger partial charge in [-0.15, -0.1) is 0 Å². The maximum absolute atomic E-state index is 5.98. The Morgan fingerprint density at radius 2 is 1.58 bits per heavy atom. The molecule has 0 saturated carbocycles. The Morgan fingerprint density at radius 1 is 0.895 bits per heavy atom. The van der Waals surface area contributed by atoms with Gasteiger partial charge in [0.05, 0.1) is 5.02 Å². The zero-order valence-electron chi connectivity index (χ0n) is 9.91. The third kappa shape index (κ3) is 4.60. The van der Waals surface area contributed by atoms with Crippen LogP contribution in [-0.2, 0) is 0 Å². The molecule has 0 amide bonds. The quantitative estimate of drug-likeness (QED) is 0.680. The van der Waals surface area contributed by atoms with E-state index in [1.807, 2.05) is 24.3 Å². The summed E-state index contributed by atoms with van der Waals surface area (Å²) in [5, 5.41) is 1.13. The van der Waals surface area contributed by atoms with Gasteiger partial charge in [-0.3, -0.25) is 0 Å². The number of ether oxygens (including phenoxy) is 2. The van der Waals surface area contributed by atoms with Gasteiger partial charge in [0.1, 0.15) is 24.7 Å². The smallest absolute Gasteiger partial charge is 0.139 e. The molecule has 0 unspecified atom stereocenters. The maximum atomic E-state index is 5.98. The molecule has 19 heavy (non-hydrogen) atoms. The van der Waals surface area contributed by atoms with Crippen molar-refractivity contribution in [2.45, 2.75) is 0 Å². The molecule has 0 aromatic heterocycles. The molecule has 0 bridgehead atoms. The Bertz CT molecular complexity index is 544. The first kappa shape index (κ1) is 14.5. The molecule has 2 nitrogen and oxygen atoms in total. The Hall–Kier alpha value is -0.900. The lowest BCUT2D eigenvalue weighted by Gasteiger charge is -2.09. The summed E-state index contributed by atoms with van der Waals surface area (Å²) in [7, 11) is 0. The summed E-state index contributed by atoms with van der Waals surface area (Å²) in [4.78, 5) is 0. The van der Waals surface area contributed by atoms with E-state index in [4.69, 9.17) is 32.7 Å². The van der Waals surface area contributed by atoms with Gasteiger partial charge in [-0.05, 0) is 36.4 Å². The Balaban J connectivity index is 1.80. The highest BCUT2D eigenvalue weighted by Gasteiger charge is 2.02. The van der Waals surface area contributed by atoms with Crippen LogP contribution in [0.25, 0.3) is 0 Å². The fourth-order valence-corrected chi connectivity index (χ4v) is 2.03. The topological polar surface area (TPSA) is 18.5 Å². The van der Waals surface area contributed by atoms with Gasteiger partial charge in [0, 0.05) is 15.6 Å². The number of hydrogen-bond acceptors (Lipinski definition) is 2. The number of rotatable bonds is 5. The van der Waals surface area contributed by atoms with Crippen LogP contribution in [0.5, 0.6) is 11.5 Å². The summed E-state index contributed by atoms with van der Waals surface area (Å²) in [6.07, 6.45) is 0. The molecule has 0 heterocycles. The van der Waals surface area contributed by atoms with E-state index in [0.29, 0.717) is 29.0 Å². The summed E-state index contributed by atoms with van der Waals surface area (Å²) < 4.78 is 12.1. The van der Waals surface area contributed by atoms with Crippen molar-refractivity contribution in [1.82, 2.24) is 0 Å². The number of halogens is 3. The molecule has 2 aromatic rings. The third-order valence-corrected chi connectivity index (χ3v) is 3.39. The van der Waals surface area contributed by atoms with Crippen LogP contribution >= 0.6 is 39.1 Å². The van der Waals surface area contributed by atoms with Crippen molar-refractivity contribution < 1.29 is 9.47 Å². The summed E-state index contributed by atoms with van der Waals surface area (Å²) >= 11 is 15.2. The molecule has 5 heteroatoms. The van der Waals surface area contributed by atoms with E-state index in [1.54, 1.807) is 18.2 Å². The van der Waals surface area contributed by atoms with E-state index in [0.717, 1.165) is 10.2 Å². The summed E-state index contributed by atoms with van der Waals surface area (Å²) in [6.45, 7) is 0.834. The third-order valence-electron chi connectivity index (χ3n) is 2.32. The van der Waals surface area contributed by atoms with Crippen LogP contribution in [0.2, 0.25) is 10.0 Å². The molecular formula is C14H11BrCl2O2. The van der Waals surface area contributed by atoms with E-state index in [1.165, 1.54) is 0 Å². The molecule has 0 aliphatic rings. The first-order valence-corrected chi connectivity index (χ1v) is 7.16. The van der Waals surface area contributed by atoms with Gasteiger partial charge in [-0.1, -0.05) is 39.1 Å². The minimum atomic E-state index is 0.399. The fourth-order valence-electron chi connectivity index (χ4n) is 1.43. The molecule has 0 saturated heterocycles. The van der Waals surface area contributed by atoms with Gasteiger partial charge in [0.15, 0.2) is 0 Å². The van der Waals surface area contributed by atoms with E-state index < -0.39 is 0 Å². The summed E-state index contributed by atoms with van der Waals surface area (Å²) in [5.41, 5.74) is 0. The standard InChI is InChI=1S/C14H11BrCl2O2/c15-10-1-4-12(5-2-10)18-7-8-19-14-9-11(16)3-6-13(14)17/h1-6,9H,7-8H2. The minimum Gasteiger partial charge on any atom is -0.490 e. The van der Waals surface area contributed by atoms with E-state index in [9.17, 15) is 0 Å². The lowest BCUT2D eigenvalue weighted by atomic mass is 10.3. The van der Waals surface area contributed by atoms with Crippen LogP contribution in [0.1, 0.15) is 0 Å². The predicted octanol–water partition coefficient (Wildman–Crippen LogP) is 5.21. The van der Waals surface area contributed by atoms with Gasteiger partial charge in [0.25, 0.3) is 0 Å². The SMILES string of the molecule is Clc1ccc(Cl)c(OCCOc2ccc(Br)cc2)c1. The zero-order valence-corrected chi connectivity index (χ0v) is 13.0.